The van der Waals surface area contributed by atoms with Crippen molar-refractivity contribution >= 4 is 0 Å². The van der Waals surface area contributed by atoms with Gasteiger partial charge in [0.1, 0.15) is 5.75 Å². The molecule has 1 aromatic heterocycles. The van der Waals surface area contributed by atoms with E-state index in [0.717, 1.165) is 29.8 Å². The van der Waals surface area contributed by atoms with Crippen LogP contribution in [0.3, 0.4) is 0 Å². The van der Waals surface area contributed by atoms with E-state index in [0.29, 0.717) is 6.04 Å². The molecule has 1 unspecified atom stereocenters. The van der Waals surface area contributed by atoms with Gasteiger partial charge in [0.05, 0.1) is 23.6 Å². The molecule has 0 bridgehead atoms. The minimum Gasteiger partial charge on any atom is -0.508 e. The first-order valence-corrected chi connectivity index (χ1v) is 8.49. The van der Waals surface area contributed by atoms with Gasteiger partial charge in [-0.15, -0.1) is 0 Å². The number of benzene rings is 2. The summed E-state index contributed by atoms with van der Waals surface area (Å²) in [5, 5.41) is 17.9. The summed E-state index contributed by atoms with van der Waals surface area (Å²) in [4.78, 5) is 0. The molecule has 0 radical (unpaired) electrons. The molecule has 2 N–H and O–H groups in total. The normalized spacial score (nSPS) is 17.8. The third-order valence-corrected chi connectivity index (χ3v) is 4.63. The fourth-order valence-corrected chi connectivity index (χ4v) is 3.42. The summed E-state index contributed by atoms with van der Waals surface area (Å²) in [5.74, 6) is 0.284. The zero-order valence-electron chi connectivity index (χ0n) is 13.5. The molecule has 0 amide bonds. The fraction of sp³-hybridized carbons (Fsp3) is 0.250. The maximum Gasteiger partial charge on any atom is 0.115 e. The molecule has 3 aromatic rings. The quantitative estimate of drug-likeness (QED) is 0.765. The molecule has 1 aliphatic heterocycles. The van der Waals surface area contributed by atoms with E-state index in [1.54, 1.807) is 12.1 Å². The first kappa shape index (κ1) is 15.0. The summed E-state index contributed by atoms with van der Waals surface area (Å²) in [6, 6.07) is 17.9. The summed E-state index contributed by atoms with van der Waals surface area (Å²) in [7, 11) is 0. The van der Waals surface area contributed by atoms with Crippen LogP contribution in [0.2, 0.25) is 0 Å². The van der Waals surface area contributed by atoms with Crippen LogP contribution in [0, 0.1) is 0 Å². The van der Waals surface area contributed by atoms with Gasteiger partial charge in [0.15, 0.2) is 0 Å². The van der Waals surface area contributed by atoms with Crippen LogP contribution in [-0.2, 0) is 0 Å². The van der Waals surface area contributed by atoms with Gasteiger partial charge in [0.2, 0.25) is 0 Å². The molecule has 4 heteroatoms. The minimum atomic E-state index is 0.284. The molecule has 0 spiro atoms. The van der Waals surface area contributed by atoms with Gasteiger partial charge in [-0.25, -0.2) is 4.68 Å². The largest absolute Gasteiger partial charge is 0.508 e. The molecule has 0 aliphatic carbocycles. The molecule has 2 heterocycles. The van der Waals surface area contributed by atoms with E-state index < -0.39 is 0 Å². The number of nitrogens with one attached hydrogen (secondary N) is 1. The number of piperidine rings is 1. The Morgan fingerprint density at radius 3 is 2.50 bits per heavy atom. The molecule has 2 aromatic carbocycles. The fourth-order valence-electron chi connectivity index (χ4n) is 3.42. The Hall–Kier alpha value is -2.59. The topological polar surface area (TPSA) is 50.1 Å². The van der Waals surface area contributed by atoms with Gasteiger partial charge in [0.25, 0.3) is 0 Å². The molecule has 122 valence electrons. The van der Waals surface area contributed by atoms with Crippen LogP contribution < -0.4 is 5.32 Å². The van der Waals surface area contributed by atoms with E-state index in [2.05, 4.69) is 22.5 Å². The first-order valence-electron chi connectivity index (χ1n) is 8.49. The number of aromatic hydroxyl groups is 1. The second-order valence-electron chi connectivity index (χ2n) is 6.24. The van der Waals surface area contributed by atoms with Crippen molar-refractivity contribution in [3.8, 4) is 22.6 Å². The van der Waals surface area contributed by atoms with Crippen molar-refractivity contribution in [3.05, 3.63) is 66.5 Å². The lowest BCUT2D eigenvalue weighted by Crippen LogP contribution is -2.29. The molecule has 24 heavy (non-hydrogen) atoms. The van der Waals surface area contributed by atoms with Gasteiger partial charge in [-0.1, -0.05) is 36.8 Å². The molecule has 4 rings (SSSR count). The van der Waals surface area contributed by atoms with Crippen LogP contribution in [0.1, 0.15) is 31.0 Å². The lowest BCUT2D eigenvalue weighted by atomic mass is 9.96. The number of hydrogen-bond donors (Lipinski definition) is 2. The minimum absolute atomic E-state index is 0.284. The lowest BCUT2D eigenvalue weighted by Gasteiger charge is -2.25. The number of nitrogens with zero attached hydrogens (tertiary/aromatic N) is 2. The van der Waals surface area contributed by atoms with Gasteiger partial charge in [0, 0.05) is 5.56 Å². The average molecular weight is 319 g/mol. The number of rotatable bonds is 3. The molecule has 1 fully saturated rings. The summed E-state index contributed by atoms with van der Waals surface area (Å²) >= 11 is 0. The smallest absolute Gasteiger partial charge is 0.115 e. The summed E-state index contributed by atoms with van der Waals surface area (Å²) in [6.45, 7) is 1.04. The molecule has 1 atom stereocenters. The second kappa shape index (κ2) is 6.49. The summed E-state index contributed by atoms with van der Waals surface area (Å²) in [5.41, 5.74) is 4.48. The zero-order valence-corrected chi connectivity index (χ0v) is 13.5. The zero-order chi connectivity index (χ0) is 16.4. The predicted octanol–water partition coefficient (Wildman–Crippen LogP) is 4.06. The number of phenols is 1. The molecular formula is C20H21N3O. The predicted molar refractivity (Wildman–Crippen MR) is 95.3 cm³/mol. The molecule has 1 saturated heterocycles. The van der Waals surface area contributed by atoms with E-state index in [9.17, 15) is 5.11 Å². The number of phenolic OH excluding ortho intramolecular Hbond substituents is 1. The summed E-state index contributed by atoms with van der Waals surface area (Å²) < 4.78 is 2.05. The van der Waals surface area contributed by atoms with Crippen molar-refractivity contribution in [1.29, 1.82) is 0 Å². The van der Waals surface area contributed by atoms with Gasteiger partial charge in [-0.05, 0) is 49.2 Å². The Morgan fingerprint density at radius 1 is 1.00 bits per heavy atom. The average Bonchev–Trinajstić information content (AvgIpc) is 3.09. The van der Waals surface area contributed by atoms with Crippen molar-refractivity contribution in [1.82, 2.24) is 15.1 Å². The highest BCUT2D eigenvalue weighted by Gasteiger charge is 2.24. The highest BCUT2D eigenvalue weighted by atomic mass is 16.3. The maximum absolute atomic E-state index is 9.57. The molecule has 0 saturated carbocycles. The SMILES string of the molecule is Oc1ccc(-c2cnn(-c3ccccc3)c2C2CCCCN2)cc1. The third-order valence-electron chi connectivity index (χ3n) is 4.63. The standard InChI is InChI=1S/C20H21N3O/c24-17-11-9-15(10-12-17)18-14-22-23(16-6-2-1-3-7-16)20(18)19-8-4-5-13-21-19/h1-3,6-7,9-12,14,19,21,24H,4-5,8,13H2. The highest BCUT2D eigenvalue weighted by molar-refractivity contribution is 5.67. The Balaban J connectivity index is 1.84. The Bertz CT molecular complexity index is 803. The van der Waals surface area contributed by atoms with Crippen molar-refractivity contribution in [2.24, 2.45) is 0 Å². The van der Waals surface area contributed by atoms with Gasteiger partial charge in [-0.2, -0.15) is 5.10 Å². The van der Waals surface area contributed by atoms with Gasteiger partial charge < -0.3 is 10.4 Å². The Morgan fingerprint density at radius 2 is 1.79 bits per heavy atom. The van der Waals surface area contributed by atoms with Crippen molar-refractivity contribution < 1.29 is 5.11 Å². The number of hydrogen-bond acceptors (Lipinski definition) is 3. The summed E-state index contributed by atoms with van der Waals surface area (Å²) in [6.07, 6.45) is 5.51. The van der Waals surface area contributed by atoms with E-state index in [1.807, 2.05) is 41.2 Å². The second-order valence-corrected chi connectivity index (χ2v) is 6.24. The molecule has 1 aliphatic rings. The van der Waals surface area contributed by atoms with Crippen molar-refractivity contribution in [2.75, 3.05) is 6.54 Å². The van der Waals surface area contributed by atoms with E-state index >= 15 is 0 Å². The maximum atomic E-state index is 9.57. The van der Waals surface area contributed by atoms with Gasteiger partial charge in [-0.3, -0.25) is 0 Å². The monoisotopic (exact) mass is 319 g/mol. The van der Waals surface area contributed by atoms with E-state index in [1.165, 1.54) is 18.5 Å². The van der Waals surface area contributed by atoms with Crippen molar-refractivity contribution in [3.63, 3.8) is 0 Å². The Labute approximate surface area is 141 Å². The van der Waals surface area contributed by atoms with Crippen LogP contribution >= 0.6 is 0 Å². The first-order chi connectivity index (χ1) is 11.8. The Kier molecular flexibility index (Phi) is 4.05. The van der Waals surface area contributed by atoms with Crippen LogP contribution in [-0.4, -0.2) is 21.4 Å². The van der Waals surface area contributed by atoms with E-state index in [4.69, 9.17) is 0 Å². The van der Waals surface area contributed by atoms with Crippen LogP contribution in [0.15, 0.2) is 60.8 Å². The van der Waals surface area contributed by atoms with Crippen LogP contribution in [0.5, 0.6) is 5.75 Å². The number of para-hydroxylation sites is 1. The highest BCUT2D eigenvalue weighted by Crippen LogP contribution is 2.34. The van der Waals surface area contributed by atoms with Gasteiger partial charge >= 0.3 is 0 Å². The van der Waals surface area contributed by atoms with Crippen LogP contribution in [0.4, 0.5) is 0 Å². The number of aromatic nitrogens is 2. The molecular weight excluding hydrogens is 298 g/mol. The van der Waals surface area contributed by atoms with Crippen LogP contribution in [0.25, 0.3) is 16.8 Å². The van der Waals surface area contributed by atoms with E-state index in [-0.39, 0.29) is 5.75 Å². The molecule has 4 nitrogen and oxygen atoms in total. The van der Waals surface area contributed by atoms with Crippen molar-refractivity contribution in [2.45, 2.75) is 25.3 Å². The lowest BCUT2D eigenvalue weighted by molar-refractivity contribution is 0.399. The third kappa shape index (κ3) is 2.81.